The average Bonchev–Trinajstić information content (AvgIpc) is 2.62. The molecular weight excluding hydrogens is 318 g/mol. The number of hydrogen-bond acceptors (Lipinski definition) is 5. The number of carbonyl (C=O) groups excluding carboxylic acids is 1. The molecule has 2 atom stereocenters. The monoisotopic (exact) mass is 341 g/mol. The molecule has 0 aliphatic carbocycles. The number of carbonyl (C=O) groups is 1. The Bertz CT molecular complexity index is 698. The van der Waals surface area contributed by atoms with E-state index in [1.807, 2.05) is 36.4 Å². The number of morpholine rings is 1. The molecule has 25 heavy (non-hydrogen) atoms. The largest absolute Gasteiger partial charge is 0.372 e. The number of ether oxygens (including phenoxy) is 1. The van der Waals surface area contributed by atoms with Crippen LogP contribution in [0.3, 0.4) is 0 Å². The first-order valence-corrected chi connectivity index (χ1v) is 8.44. The number of hydrogen-bond donors (Lipinski definition) is 1. The van der Waals surface area contributed by atoms with Gasteiger partial charge in [0.15, 0.2) is 0 Å². The minimum absolute atomic E-state index is 0.156. The van der Waals surface area contributed by atoms with E-state index in [-0.39, 0.29) is 18.1 Å². The highest BCUT2D eigenvalue weighted by molar-refractivity contribution is 5.92. The number of pyridine rings is 1. The van der Waals surface area contributed by atoms with Gasteiger partial charge in [-0.05, 0) is 31.5 Å². The van der Waals surface area contributed by atoms with Gasteiger partial charge in [0.25, 0.3) is 5.91 Å². The van der Waals surface area contributed by atoms with E-state index in [1.54, 1.807) is 12.3 Å². The van der Waals surface area contributed by atoms with Gasteiger partial charge in [-0.3, -0.25) is 14.6 Å². The highest BCUT2D eigenvalue weighted by atomic mass is 16.6. The lowest BCUT2D eigenvalue weighted by atomic mass is 10.2. The van der Waals surface area contributed by atoms with Crippen LogP contribution in [-0.4, -0.2) is 36.2 Å². The van der Waals surface area contributed by atoms with Crippen molar-refractivity contribution < 1.29 is 14.4 Å². The zero-order chi connectivity index (χ0) is 17.6. The molecule has 1 aromatic heterocycles. The fraction of sp³-hybridized carbons (Fsp3) is 0.368. The van der Waals surface area contributed by atoms with Crippen molar-refractivity contribution in [1.82, 2.24) is 10.5 Å². The summed E-state index contributed by atoms with van der Waals surface area (Å²) in [5, 5.41) is 0. The Morgan fingerprint density at radius 1 is 1.24 bits per heavy atom. The smallest absolute Gasteiger partial charge is 0.293 e. The van der Waals surface area contributed by atoms with Crippen molar-refractivity contribution in [3.8, 4) is 0 Å². The van der Waals surface area contributed by atoms with Gasteiger partial charge in [0.05, 0.1) is 18.8 Å². The van der Waals surface area contributed by atoms with Crippen molar-refractivity contribution in [3.05, 3.63) is 59.9 Å². The number of anilines is 1. The summed E-state index contributed by atoms with van der Waals surface area (Å²) in [6.45, 7) is 5.99. The van der Waals surface area contributed by atoms with Crippen molar-refractivity contribution in [2.75, 3.05) is 18.0 Å². The van der Waals surface area contributed by atoms with Gasteiger partial charge in [0.1, 0.15) is 5.69 Å². The van der Waals surface area contributed by atoms with Crippen LogP contribution in [-0.2, 0) is 16.2 Å². The number of rotatable bonds is 5. The van der Waals surface area contributed by atoms with Crippen LogP contribution in [0.4, 0.5) is 5.69 Å². The lowest BCUT2D eigenvalue weighted by Crippen LogP contribution is -2.45. The van der Waals surface area contributed by atoms with Gasteiger partial charge >= 0.3 is 0 Å². The van der Waals surface area contributed by atoms with Crippen molar-refractivity contribution in [2.24, 2.45) is 0 Å². The molecule has 1 aliphatic rings. The SMILES string of the molecule is C[C@@H]1CN(c2ccnc(C(=O)NOCc3ccccc3)c2)C[C@H](C)O1. The molecule has 0 bridgehead atoms. The number of hydroxylamine groups is 1. The highest BCUT2D eigenvalue weighted by Crippen LogP contribution is 2.20. The minimum atomic E-state index is -0.355. The van der Waals surface area contributed by atoms with Crippen LogP contribution < -0.4 is 10.4 Å². The molecule has 1 amide bonds. The van der Waals surface area contributed by atoms with Crippen LogP contribution >= 0.6 is 0 Å². The molecule has 132 valence electrons. The Balaban J connectivity index is 1.59. The lowest BCUT2D eigenvalue weighted by molar-refractivity contribution is -0.00522. The van der Waals surface area contributed by atoms with Crippen LogP contribution in [0.25, 0.3) is 0 Å². The summed E-state index contributed by atoms with van der Waals surface area (Å²) in [5.74, 6) is -0.355. The van der Waals surface area contributed by atoms with Crippen molar-refractivity contribution in [3.63, 3.8) is 0 Å². The second-order valence-corrected chi connectivity index (χ2v) is 6.27. The van der Waals surface area contributed by atoms with Gasteiger partial charge in [-0.15, -0.1) is 0 Å². The Morgan fingerprint density at radius 3 is 2.68 bits per heavy atom. The molecule has 0 spiro atoms. The minimum Gasteiger partial charge on any atom is -0.372 e. The predicted octanol–water partition coefficient (Wildman–Crippen LogP) is 2.56. The van der Waals surface area contributed by atoms with E-state index in [0.29, 0.717) is 12.3 Å². The highest BCUT2D eigenvalue weighted by Gasteiger charge is 2.23. The summed E-state index contributed by atoms with van der Waals surface area (Å²) >= 11 is 0. The zero-order valence-corrected chi connectivity index (χ0v) is 14.5. The Morgan fingerprint density at radius 2 is 1.96 bits per heavy atom. The average molecular weight is 341 g/mol. The molecule has 6 heteroatoms. The topological polar surface area (TPSA) is 63.7 Å². The summed E-state index contributed by atoms with van der Waals surface area (Å²) < 4.78 is 5.75. The number of aromatic nitrogens is 1. The van der Waals surface area contributed by atoms with Gasteiger partial charge in [-0.1, -0.05) is 30.3 Å². The van der Waals surface area contributed by atoms with Crippen molar-refractivity contribution >= 4 is 11.6 Å². The van der Waals surface area contributed by atoms with Crippen molar-refractivity contribution in [1.29, 1.82) is 0 Å². The lowest BCUT2D eigenvalue weighted by Gasteiger charge is -2.36. The first kappa shape index (κ1) is 17.4. The van der Waals surface area contributed by atoms with E-state index in [1.165, 1.54) is 0 Å². The van der Waals surface area contributed by atoms with Gasteiger partial charge in [0, 0.05) is 25.0 Å². The first-order valence-electron chi connectivity index (χ1n) is 8.44. The van der Waals surface area contributed by atoms with Crippen LogP contribution in [0, 0.1) is 0 Å². The molecule has 6 nitrogen and oxygen atoms in total. The second-order valence-electron chi connectivity index (χ2n) is 6.27. The van der Waals surface area contributed by atoms with E-state index in [0.717, 1.165) is 24.3 Å². The maximum Gasteiger partial charge on any atom is 0.293 e. The van der Waals surface area contributed by atoms with E-state index >= 15 is 0 Å². The zero-order valence-electron chi connectivity index (χ0n) is 14.5. The van der Waals surface area contributed by atoms with E-state index in [9.17, 15) is 4.79 Å². The van der Waals surface area contributed by atoms with Crippen LogP contribution in [0.2, 0.25) is 0 Å². The molecule has 0 saturated carbocycles. The van der Waals surface area contributed by atoms with Gasteiger partial charge in [0.2, 0.25) is 0 Å². The molecule has 1 aliphatic heterocycles. The third-order valence-electron chi connectivity index (χ3n) is 4.01. The Hall–Kier alpha value is -2.44. The Labute approximate surface area is 147 Å². The molecule has 0 unspecified atom stereocenters. The maximum atomic E-state index is 12.3. The van der Waals surface area contributed by atoms with Crippen LogP contribution in [0.5, 0.6) is 0 Å². The molecule has 2 heterocycles. The normalized spacial score (nSPS) is 20.3. The van der Waals surface area contributed by atoms with Gasteiger partial charge in [-0.25, -0.2) is 5.48 Å². The molecule has 1 saturated heterocycles. The summed E-state index contributed by atoms with van der Waals surface area (Å²) in [7, 11) is 0. The van der Waals surface area contributed by atoms with Crippen LogP contribution in [0.15, 0.2) is 48.7 Å². The standard InChI is InChI=1S/C19H23N3O3/c1-14-11-22(12-15(2)25-14)17-8-9-20-18(10-17)19(23)21-24-13-16-6-4-3-5-7-16/h3-10,14-15H,11-13H2,1-2H3,(H,21,23)/t14-,15+. The summed E-state index contributed by atoms with van der Waals surface area (Å²) in [6.07, 6.45) is 1.96. The number of nitrogens with zero attached hydrogens (tertiary/aromatic N) is 2. The molecule has 1 N–H and O–H groups in total. The molecular formula is C19H23N3O3. The maximum absolute atomic E-state index is 12.3. The van der Waals surface area contributed by atoms with E-state index in [2.05, 4.69) is 29.2 Å². The Kier molecular flexibility index (Phi) is 5.63. The molecule has 3 rings (SSSR count). The summed E-state index contributed by atoms with van der Waals surface area (Å²) in [5.41, 5.74) is 4.73. The number of nitrogens with one attached hydrogen (secondary N) is 1. The quantitative estimate of drug-likeness (QED) is 0.847. The van der Waals surface area contributed by atoms with Crippen LogP contribution in [0.1, 0.15) is 29.9 Å². The number of amides is 1. The van der Waals surface area contributed by atoms with E-state index in [4.69, 9.17) is 9.57 Å². The second kappa shape index (κ2) is 8.09. The fourth-order valence-electron chi connectivity index (χ4n) is 2.94. The molecule has 1 fully saturated rings. The van der Waals surface area contributed by atoms with E-state index < -0.39 is 0 Å². The van der Waals surface area contributed by atoms with Crippen molar-refractivity contribution in [2.45, 2.75) is 32.7 Å². The van der Waals surface area contributed by atoms with Gasteiger partial charge < -0.3 is 9.64 Å². The fourth-order valence-corrected chi connectivity index (χ4v) is 2.94. The third-order valence-corrected chi connectivity index (χ3v) is 4.01. The predicted molar refractivity (Wildman–Crippen MR) is 95.2 cm³/mol. The number of benzene rings is 1. The third kappa shape index (κ3) is 4.78. The first-order chi connectivity index (χ1) is 12.1. The summed E-state index contributed by atoms with van der Waals surface area (Å²) in [6, 6.07) is 13.4. The molecule has 0 radical (unpaired) electrons. The van der Waals surface area contributed by atoms with Gasteiger partial charge in [-0.2, -0.15) is 0 Å². The molecule has 2 aromatic rings. The molecule has 1 aromatic carbocycles. The summed E-state index contributed by atoms with van der Waals surface area (Å²) in [4.78, 5) is 23.9.